The quantitative estimate of drug-likeness (QED) is 0.402. The number of fused-ring (bicyclic) bond motifs is 1. The number of urea groups is 1. The van der Waals surface area contributed by atoms with Crippen molar-refractivity contribution in [2.45, 2.75) is 6.42 Å². The second-order valence-corrected chi connectivity index (χ2v) is 8.02. The molecule has 5 rings (SSSR count). The Morgan fingerprint density at radius 1 is 1.18 bits per heavy atom. The summed E-state index contributed by atoms with van der Waals surface area (Å²) in [5.41, 5.74) is 7.90. The molecule has 0 bridgehead atoms. The molecule has 2 aromatic heterocycles. The van der Waals surface area contributed by atoms with E-state index in [0.29, 0.717) is 11.3 Å². The van der Waals surface area contributed by atoms with E-state index >= 15 is 0 Å². The van der Waals surface area contributed by atoms with E-state index in [4.69, 9.17) is 10.5 Å². The van der Waals surface area contributed by atoms with Crippen molar-refractivity contribution in [2.75, 3.05) is 37.7 Å². The van der Waals surface area contributed by atoms with Gasteiger partial charge in [0.05, 0.1) is 36.1 Å². The molecule has 4 aromatic rings. The first-order valence-electron chi connectivity index (χ1n) is 10.9. The van der Waals surface area contributed by atoms with Crippen LogP contribution in [-0.2, 0) is 11.2 Å². The van der Waals surface area contributed by atoms with E-state index < -0.39 is 23.4 Å². The van der Waals surface area contributed by atoms with E-state index in [-0.39, 0.29) is 11.4 Å². The van der Waals surface area contributed by atoms with E-state index in [2.05, 4.69) is 25.1 Å². The number of para-hydroxylation sites is 1. The highest BCUT2D eigenvalue weighted by Crippen LogP contribution is 2.35. The molecule has 0 atom stereocenters. The van der Waals surface area contributed by atoms with Crippen LogP contribution in [0.1, 0.15) is 5.56 Å². The van der Waals surface area contributed by atoms with Crippen molar-refractivity contribution in [3.63, 3.8) is 0 Å². The molecule has 3 heterocycles. The Kier molecular flexibility index (Phi) is 5.95. The van der Waals surface area contributed by atoms with Gasteiger partial charge in [-0.05, 0) is 36.2 Å². The van der Waals surface area contributed by atoms with Crippen molar-refractivity contribution in [1.82, 2.24) is 25.1 Å². The number of benzene rings is 2. The van der Waals surface area contributed by atoms with Crippen molar-refractivity contribution in [3.8, 4) is 11.5 Å². The van der Waals surface area contributed by atoms with E-state index in [1.807, 2.05) is 18.2 Å². The lowest BCUT2D eigenvalue weighted by Crippen LogP contribution is -2.37. The monoisotopic (exact) mass is 467 g/mol. The summed E-state index contributed by atoms with van der Waals surface area (Å²) in [5.74, 6) is -1.50. The van der Waals surface area contributed by atoms with E-state index in [1.165, 1.54) is 12.3 Å². The summed E-state index contributed by atoms with van der Waals surface area (Å²) in [6.07, 6.45) is 2.15. The Bertz CT molecular complexity index is 1310. The number of aromatic amines is 2. The van der Waals surface area contributed by atoms with Gasteiger partial charge in [-0.3, -0.25) is 14.9 Å². The smallest absolute Gasteiger partial charge is 0.324 e. The fraction of sp³-hybridized carbons (Fsp3) is 0.261. The molecule has 0 unspecified atom stereocenters. The topological polar surface area (TPSA) is 116 Å². The lowest BCUT2D eigenvalue weighted by molar-refractivity contribution is 0.0384. The molecule has 0 radical (unpaired) electrons. The highest BCUT2D eigenvalue weighted by atomic mass is 19.1. The first kappa shape index (κ1) is 22.0. The predicted octanol–water partition coefficient (Wildman–Crippen LogP) is 3.32. The number of imidazole rings is 1. The van der Waals surface area contributed by atoms with Gasteiger partial charge < -0.3 is 15.5 Å². The summed E-state index contributed by atoms with van der Waals surface area (Å²) in [5, 5.41) is 6.71. The molecule has 1 aliphatic rings. The van der Waals surface area contributed by atoms with E-state index in [9.17, 15) is 13.6 Å². The third-order valence-electron chi connectivity index (χ3n) is 5.85. The lowest BCUT2D eigenvalue weighted by atomic mass is 10.1. The fourth-order valence-corrected chi connectivity index (χ4v) is 4.12. The Morgan fingerprint density at radius 3 is 2.68 bits per heavy atom. The van der Waals surface area contributed by atoms with Gasteiger partial charge in [0.2, 0.25) is 0 Å². The number of halogens is 2. The molecule has 0 saturated carbocycles. The SMILES string of the molecule is NC(=O)N(c1cn[nH]c1-c1nc2ccc(CCN3CCOCC3)cc2[nH]1)c1c(F)cccc1F. The number of rotatable bonds is 6. The van der Waals surface area contributed by atoms with Gasteiger partial charge in [0.15, 0.2) is 5.82 Å². The number of ether oxygens (including phenoxy) is 1. The Hall–Kier alpha value is -3.83. The maximum Gasteiger partial charge on any atom is 0.324 e. The standard InChI is InChI=1S/C23H23F2N7O2/c24-15-2-1-3-16(25)21(15)32(23(26)33)19-13-27-30-20(19)22-28-17-5-4-14(12-18(17)29-22)6-7-31-8-10-34-11-9-31/h1-5,12-13H,6-11H2,(H2,26,33)(H,27,30)(H,28,29). The first-order valence-corrected chi connectivity index (χ1v) is 10.9. The van der Waals surface area contributed by atoms with Crippen molar-refractivity contribution < 1.29 is 18.3 Å². The number of anilines is 2. The molecular weight excluding hydrogens is 444 g/mol. The van der Waals surface area contributed by atoms with Gasteiger partial charge in [0.1, 0.15) is 23.0 Å². The maximum atomic E-state index is 14.5. The zero-order valence-corrected chi connectivity index (χ0v) is 18.2. The highest BCUT2D eigenvalue weighted by Gasteiger charge is 2.27. The lowest BCUT2D eigenvalue weighted by Gasteiger charge is -2.26. The van der Waals surface area contributed by atoms with Gasteiger partial charge in [-0.2, -0.15) is 5.10 Å². The number of primary amides is 1. The number of carbonyl (C=O) groups excluding carboxylic acids is 1. The number of nitrogens with one attached hydrogen (secondary N) is 2. The zero-order valence-electron chi connectivity index (χ0n) is 18.2. The third kappa shape index (κ3) is 4.22. The molecule has 1 aliphatic heterocycles. The van der Waals surface area contributed by atoms with Crippen LogP contribution in [-0.4, -0.2) is 63.9 Å². The molecule has 176 valence electrons. The zero-order chi connectivity index (χ0) is 23.7. The fourth-order valence-electron chi connectivity index (χ4n) is 4.12. The molecule has 4 N–H and O–H groups in total. The summed E-state index contributed by atoms with van der Waals surface area (Å²) in [6, 6.07) is 8.19. The second-order valence-electron chi connectivity index (χ2n) is 8.02. The van der Waals surface area contributed by atoms with Crippen molar-refractivity contribution in [1.29, 1.82) is 0 Å². The number of aromatic nitrogens is 4. The van der Waals surface area contributed by atoms with Gasteiger partial charge in [0.25, 0.3) is 0 Å². The predicted molar refractivity (Wildman–Crippen MR) is 123 cm³/mol. The summed E-state index contributed by atoms with van der Waals surface area (Å²) in [6.45, 7) is 4.31. The van der Waals surface area contributed by atoms with Crippen LogP contribution in [0.4, 0.5) is 25.0 Å². The van der Waals surface area contributed by atoms with E-state index in [0.717, 1.165) is 67.4 Å². The maximum absolute atomic E-state index is 14.5. The number of hydrogen-bond donors (Lipinski definition) is 3. The van der Waals surface area contributed by atoms with Crippen LogP contribution in [0.2, 0.25) is 0 Å². The summed E-state index contributed by atoms with van der Waals surface area (Å²) in [7, 11) is 0. The molecule has 2 amide bonds. The number of carbonyl (C=O) groups is 1. The van der Waals surface area contributed by atoms with Crippen LogP contribution in [0.3, 0.4) is 0 Å². The Morgan fingerprint density at radius 2 is 1.94 bits per heavy atom. The van der Waals surface area contributed by atoms with Gasteiger partial charge >= 0.3 is 6.03 Å². The van der Waals surface area contributed by atoms with E-state index in [1.54, 1.807) is 0 Å². The van der Waals surface area contributed by atoms with Gasteiger partial charge in [-0.1, -0.05) is 12.1 Å². The molecule has 0 spiro atoms. The molecule has 34 heavy (non-hydrogen) atoms. The summed E-state index contributed by atoms with van der Waals surface area (Å²) < 4.78 is 34.3. The minimum atomic E-state index is -1.06. The first-order chi connectivity index (χ1) is 16.5. The van der Waals surface area contributed by atoms with Crippen molar-refractivity contribution in [3.05, 3.63) is 59.8 Å². The Balaban J connectivity index is 1.45. The van der Waals surface area contributed by atoms with Crippen LogP contribution in [0.25, 0.3) is 22.6 Å². The minimum Gasteiger partial charge on any atom is -0.379 e. The number of nitrogens with zero attached hydrogens (tertiary/aromatic N) is 4. The normalized spacial score (nSPS) is 14.5. The average Bonchev–Trinajstić information content (AvgIpc) is 3.47. The number of H-pyrrole nitrogens is 2. The molecule has 2 aromatic carbocycles. The number of hydrogen-bond acceptors (Lipinski definition) is 5. The highest BCUT2D eigenvalue weighted by molar-refractivity contribution is 6.01. The van der Waals surface area contributed by atoms with Crippen LogP contribution >= 0.6 is 0 Å². The summed E-state index contributed by atoms with van der Waals surface area (Å²) in [4.78, 5) is 23.1. The summed E-state index contributed by atoms with van der Waals surface area (Å²) >= 11 is 0. The Labute approximate surface area is 193 Å². The molecule has 0 aliphatic carbocycles. The number of nitrogens with two attached hydrogens (primary N) is 1. The average molecular weight is 467 g/mol. The molecule has 1 fully saturated rings. The van der Waals surface area contributed by atoms with Gasteiger partial charge in [-0.25, -0.2) is 18.6 Å². The molecule has 11 heteroatoms. The largest absolute Gasteiger partial charge is 0.379 e. The number of amides is 2. The van der Waals surface area contributed by atoms with Gasteiger partial charge in [0, 0.05) is 19.6 Å². The minimum absolute atomic E-state index is 0.0723. The van der Waals surface area contributed by atoms with Crippen molar-refractivity contribution >= 4 is 28.4 Å². The van der Waals surface area contributed by atoms with Crippen LogP contribution in [0.5, 0.6) is 0 Å². The molecule has 1 saturated heterocycles. The molecule has 9 nitrogen and oxygen atoms in total. The van der Waals surface area contributed by atoms with Crippen LogP contribution in [0, 0.1) is 11.6 Å². The van der Waals surface area contributed by atoms with Gasteiger partial charge in [-0.15, -0.1) is 0 Å². The van der Waals surface area contributed by atoms with Crippen LogP contribution in [0.15, 0.2) is 42.6 Å². The third-order valence-corrected chi connectivity index (χ3v) is 5.85. The molecular formula is C23H23F2N7O2. The second kappa shape index (κ2) is 9.20. The van der Waals surface area contributed by atoms with Crippen molar-refractivity contribution in [2.24, 2.45) is 5.73 Å². The number of morpholine rings is 1. The van der Waals surface area contributed by atoms with Crippen LogP contribution < -0.4 is 10.6 Å².